The van der Waals surface area contributed by atoms with E-state index in [1.807, 2.05) is 24.3 Å². The van der Waals surface area contributed by atoms with Crippen LogP contribution in [0.15, 0.2) is 69.5 Å². The number of nitro benzene ring substituents is 1. The van der Waals surface area contributed by atoms with Gasteiger partial charge in [-0.2, -0.15) is 5.26 Å². The van der Waals surface area contributed by atoms with Crippen LogP contribution in [0.25, 0.3) is 0 Å². The number of carbonyl (C=O) groups is 2. The first-order valence-corrected chi connectivity index (χ1v) is 15.1. The summed E-state index contributed by atoms with van der Waals surface area (Å²) in [6, 6.07) is 13.9. The molecule has 2 aliphatic rings. The molecule has 5 rings (SSSR count). The number of nitrogens with two attached hydrogens (primary N) is 1. The van der Waals surface area contributed by atoms with Crippen molar-refractivity contribution >= 4 is 62.9 Å². The van der Waals surface area contributed by atoms with E-state index in [1.165, 1.54) is 29.5 Å². The molecule has 1 unspecified atom stereocenters. The maximum absolute atomic E-state index is 13.3. The Labute approximate surface area is 254 Å². The average Bonchev–Trinajstić information content (AvgIpc) is 3.45. The molecule has 0 bridgehead atoms. The second kappa shape index (κ2) is 12.3. The normalized spacial score (nSPS) is 16.7. The van der Waals surface area contributed by atoms with Crippen molar-refractivity contribution in [2.24, 2.45) is 5.73 Å². The molecule has 1 atom stereocenters. The van der Waals surface area contributed by atoms with Gasteiger partial charge >= 0.3 is 0 Å². The third kappa shape index (κ3) is 5.74. The Morgan fingerprint density at radius 2 is 2.05 bits per heavy atom. The molecule has 1 amide bonds. The minimum absolute atomic E-state index is 0.0262. The molecule has 3 aromatic rings. The molecule has 0 spiro atoms. The number of non-ortho nitro benzene ring substituents is 1. The molecule has 214 valence electrons. The number of nitrogens with zero attached hydrogens (tertiary/aromatic N) is 5. The minimum Gasteiger partial charge on any atom is -0.384 e. The highest BCUT2D eigenvalue weighted by Crippen LogP contribution is 2.47. The van der Waals surface area contributed by atoms with Crippen LogP contribution in [0, 0.1) is 21.4 Å². The second-order valence-electron chi connectivity index (χ2n) is 9.52. The minimum atomic E-state index is -0.576. The third-order valence-corrected chi connectivity index (χ3v) is 9.35. The molecular weight excluding hydrogens is 598 g/mol. The second-order valence-corrected chi connectivity index (χ2v) is 12.1. The first-order valence-electron chi connectivity index (χ1n) is 13.0. The molecule has 1 aromatic heterocycles. The Morgan fingerprint density at radius 1 is 1.29 bits per heavy atom. The van der Waals surface area contributed by atoms with Gasteiger partial charge in [-0.25, -0.2) is 0 Å². The van der Waals surface area contributed by atoms with Crippen LogP contribution in [0.3, 0.4) is 0 Å². The number of hydrogen-bond donors (Lipinski definition) is 2. The molecule has 42 heavy (non-hydrogen) atoms. The molecule has 0 saturated heterocycles. The van der Waals surface area contributed by atoms with Crippen molar-refractivity contribution in [1.82, 2.24) is 10.2 Å². The third-order valence-electron chi connectivity index (χ3n) is 6.98. The molecule has 0 saturated carbocycles. The molecule has 3 N–H and O–H groups in total. The highest BCUT2D eigenvalue weighted by atomic mass is 35.5. The summed E-state index contributed by atoms with van der Waals surface area (Å²) in [5.74, 6) is -0.901. The summed E-state index contributed by atoms with van der Waals surface area (Å²) in [5.41, 5.74) is 10.0. The number of aromatic nitrogens is 2. The van der Waals surface area contributed by atoms with Crippen molar-refractivity contribution < 1.29 is 14.5 Å². The van der Waals surface area contributed by atoms with Crippen LogP contribution < -0.4 is 16.0 Å². The summed E-state index contributed by atoms with van der Waals surface area (Å²) in [6.45, 7) is 2.06. The van der Waals surface area contributed by atoms with Gasteiger partial charge in [-0.3, -0.25) is 24.6 Å². The number of thioether (sulfide) groups is 1. The summed E-state index contributed by atoms with van der Waals surface area (Å²) in [4.78, 5) is 38.0. The van der Waals surface area contributed by atoms with E-state index in [0.717, 1.165) is 29.3 Å². The fourth-order valence-electron chi connectivity index (χ4n) is 4.97. The van der Waals surface area contributed by atoms with E-state index in [2.05, 4.69) is 28.5 Å². The summed E-state index contributed by atoms with van der Waals surface area (Å²) in [5, 5.41) is 32.8. The zero-order chi connectivity index (χ0) is 30.0. The van der Waals surface area contributed by atoms with Crippen molar-refractivity contribution in [3.05, 3.63) is 91.4 Å². The lowest BCUT2D eigenvalue weighted by Crippen LogP contribution is -2.38. The quantitative estimate of drug-likeness (QED) is 0.181. The Bertz CT molecular complexity index is 1690. The van der Waals surface area contributed by atoms with Crippen molar-refractivity contribution in [1.29, 1.82) is 5.26 Å². The molecular formula is C28H24ClN7O4S2. The van der Waals surface area contributed by atoms with E-state index < -0.39 is 16.7 Å². The number of nitrogens with one attached hydrogen (secondary N) is 1. The predicted octanol–water partition coefficient (Wildman–Crippen LogP) is 5.70. The van der Waals surface area contributed by atoms with Gasteiger partial charge in [0, 0.05) is 29.8 Å². The first-order chi connectivity index (χ1) is 20.2. The number of amides is 1. The van der Waals surface area contributed by atoms with Crippen LogP contribution in [-0.4, -0.2) is 32.6 Å². The topological polar surface area (TPSA) is 168 Å². The van der Waals surface area contributed by atoms with Crippen molar-refractivity contribution in [2.45, 2.75) is 42.9 Å². The SMILES string of the molecule is CCc1ccc(C2C(C#N)=C(N)N(c3nnc(SCC(=O)Nc4cc([N+](=O)[O-])ccc4Cl)s3)C3=C2C(=O)CCC3)cc1. The van der Waals surface area contributed by atoms with E-state index in [4.69, 9.17) is 17.3 Å². The van der Waals surface area contributed by atoms with Crippen LogP contribution in [0.1, 0.15) is 43.2 Å². The molecule has 2 aromatic carbocycles. The van der Waals surface area contributed by atoms with Crippen LogP contribution in [0.2, 0.25) is 5.02 Å². The monoisotopic (exact) mass is 621 g/mol. The summed E-state index contributed by atoms with van der Waals surface area (Å²) >= 11 is 8.37. The maximum Gasteiger partial charge on any atom is 0.271 e. The van der Waals surface area contributed by atoms with Gasteiger partial charge < -0.3 is 11.1 Å². The smallest absolute Gasteiger partial charge is 0.271 e. The van der Waals surface area contributed by atoms with E-state index in [0.29, 0.717) is 40.0 Å². The number of rotatable bonds is 8. The number of anilines is 2. The molecule has 1 aliphatic heterocycles. The van der Waals surface area contributed by atoms with Gasteiger partial charge in [-0.15, -0.1) is 10.2 Å². The average molecular weight is 622 g/mol. The lowest BCUT2D eigenvalue weighted by Gasteiger charge is -2.38. The van der Waals surface area contributed by atoms with Gasteiger partial charge in [-0.05, 0) is 36.5 Å². The number of carbonyl (C=O) groups excluding carboxylic acids is 2. The van der Waals surface area contributed by atoms with Crippen LogP contribution >= 0.6 is 34.7 Å². The first kappa shape index (κ1) is 29.2. The van der Waals surface area contributed by atoms with Crippen molar-refractivity contribution in [3.63, 3.8) is 0 Å². The Morgan fingerprint density at radius 3 is 2.74 bits per heavy atom. The molecule has 0 radical (unpaired) electrons. The number of benzene rings is 2. The maximum atomic E-state index is 13.3. The zero-order valence-electron chi connectivity index (χ0n) is 22.3. The fraction of sp³-hybridized carbons (Fsp3) is 0.250. The van der Waals surface area contributed by atoms with Crippen LogP contribution in [0.4, 0.5) is 16.5 Å². The van der Waals surface area contributed by atoms with Crippen LogP contribution in [-0.2, 0) is 16.0 Å². The number of nitriles is 1. The summed E-state index contributed by atoms with van der Waals surface area (Å²) in [6.07, 6.45) is 2.48. The number of allylic oxidation sites excluding steroid dienone is 3. The van der Waals surface area contributed by atoms with Gasteiger partial charge in [0.1, 0.15) is 5.82 Å². The predicted molar refractivity (Wildman–Crippen MR) is 161 cm³/mol. The highest BCUT2D eigenvalue weighted by Gasteiger charge is 2.41. The largest absolute Gasteiger partial charge is 0.384 e. The van der Waals surface area contributed by atoms with Gasteiger partial charge in [0.15, 0.2) is 10.1 Å². The number of hydrogen-bond acceptors (Lipinski definition) is 11. The molecule has 2 heterocycles. The molecule has 0 fully saturated rings. The van der Waals surface area contributed by atoms with Gasteiger partial charge in [0.2, 0.25) is 11.0 Å². The lowest BCUT2D eigenvalue weighted by molar-refractivity contribution is -0.384. The van der Waals surface area contributed by atoms with Crippen molar-refractivity contribution in [2.75, 3.05) is 16.0 Å². The molecule has 1 aliphatic carbocycles. The standard InChI is InChI=1S/C28H24ClN7O4S2/c1-2-15-6-8-16(9-7-15)24-18(13-30)26(31)35(21-4-3-5-22(37)25(21)24)27-33-34-28(42-27)41-14-23(38)32-20-12-17(36(39)40)10-11-19(20)29/h6-12,24H,2-5,14,31H2,1H3,(H,32,38). The Kier molecular flexibility index (Phi) is 8.58. The van der Waals surface area contributed by atoms with E-state index in [1.54, 1.807) is 4.90 Å². The van der Waals surface area contributed by atoms with E-state index in [9.17, 15) is 25.0 Å². The zero-order valence-corrected chi connectivity index (χ0v) is 24.7. The number of halogens is 1. The van der Waals surface area contributed by atoms with E-state index in [-0.39, 0.29) is 39.3 Å². The number of ketones is 1. The Hall–Kier alpha value is -4.25. The van der Waals surface area contributed by atoms with Gasteiger partial charge in [-0.1, -0.05) is 65.9 Å². The molecule has 11 nitrogen and oxygen atoms in total. The number of nitro groups is 1. The summed E-state index contributed by atoms with van der Waals surface area (Å²) in [7, 11) is 0. The highest BCUT2D eigenvalue weighted by molar-refractivity contribution is 8.01. The fourth-order valence-corrected chi connectivity index (χ4v) is 6.82. The molecule has 14 heteroatoms. The van der Waals surface area contributed by atoms with Crippen LogP contribution in [0.5, 0.6) is 0 Å². The number of aryl methyl sites for hydroxylation is 1. The van der Waals surface area contributed by atoms with Gasteiger partial charge in [0.25, 0.3) is 5.69 Å². The number of Topliss-reactive ketones (excluding diaryl/α,β-unsaturated/α-hetero) is 1. The van der Waals surface area contributed by atoms with Gasteiger partial charge in [0.05, 0.1) is 38.9 Å². The summed E-state index contributed by atoms with van der Waals surface area (Å²) < 4.78 is 0.457. The Balaban J connectivity index is 1.39. The van der Waals surface area contributed by atoms with E-state index >= 15 is 0 Å². The van der Waals surface area contributed by atoms with Crippen molar-refractivity contribution in [3.8, 4) is 6.07 Å². The lowest BCUT2D eigenvalue weighted by atomic mass is 9.75.